The van der Waals surface area contributed by atoms with Gasteiger partial charge in [-0.05, 0) is 25.1 Å². The van der Waals surface area contributed by atoms with Crippen LogP contribution in [0, 0.1) is 12.1 Å². The second-order valence-corrected chi connectivity index (χ2v) is 1.86. The van der Waals surface area contributed by atoms with Crippen LogP contribution in [0.4, 0.5) is 0 Å². The van der Waals surface area contributed by atoms with Crippen molar-refractivity contribution in [3.63, 3.8) is 0 Å². The molecule has 0 saturated heterocycles. The van der Waals surface area contributed by atoms with E-state index in [1.807, 2.05) is 18.2 Å². The van der Waals surface area contributed by atoms with Gasteiger partial charge in [-0.15, -0.1) is 0 Å². The Kier molecular flexibility index (Phi) is 2.12. The van der Waals surface area contributed by atoms with Gasteiger partial charge in [-0.2, -0.15) is 0 Å². The van der Waals surface area contributed by atoms with Gasteiger partial charge in [0.25, 0.3) is 0 Å². The molecule has 1 heteroatoms. The van der Waals surface area contributed by atoms with Crippen molar-refractivity contribution in [3.05, 3.63) is 35.9 Å². The van der Waals surface area contributed by atoms with Crippen LogP contribution in [0.2, 0.25) is 0 Å². The van der Waals surface area contributed by atoms with Crippen LogP contribution >= 0.6 is 0 Å². The zero-order chi connectivity index (χ0) is 6.53. The first-order valence-electron chi connectivity index (χ1n) is 3.01. The number of hydrogen-bond donors (Lipinski definition) is 1. The van der Waals surface area contributed by atoms with Crippen molar-refractivity contribution in [2.75, 3.05) is 6.54 Å². The summed E-state index contributed by atoms with van der Waals surface area (Å²) < 4.78 is 0. The van der Waals surface area contributed by atoms with Crippen molar-refractivity contribution in [2.24, 2.45) is 5.73 Å². The molecular formula is C8H9N. The second kappa shape index (κ2) is 3.11. The van der Waals surface area contributed by atoms with E-state index in [9.17, 15) is 0 Å². The predicted octanol–water partition coefficient (Wildman–Crippen LogP) is 0.788. The van der Waals surface area contributed by atoms with Crippen molar-refractivity contribution < 1.29 is 0 Å². The molecule has 0 bridgehead atoms. The average molecular weight is 119 g/mol. The minimum atomic E-state index is 0.689. The first-order chi connectivity index (χ1) is 4.43. The summed E-state index contributed by atoms with van der Waals surface area (Å²) >= 11 is 0. The Morgan fingerprint density at radius 1 is 1.56 bits per heavy atom. The van der Waals surface area contributed by atoms with Gasteiger partial charge in [0.15, 0.2) is 0 Å². The van der Waals surface area contributed by atoms with E-state index in [2.05, 4.69) is 12.1 Å². The molecule has 2 N–H and O–H groups in total. The normalized spacial score (nSPS) is 8.56. The van der Waals surface area contributed by atoms with E-state index in [4.69, 9.17) is 5.73 Å². The first-order valence-corrected chi connectivity index (χ1v) is 3.01. The molecule has 1 aromatic rings. The highest BCUT2D eigenvalue weighted by Crippen LogP contribution is 1.91. The molecule has 1 aromatic carbocycles. The molecule has 9 heavy (non-hydrogen) atoms. The van der Waals surface area contributed by atoms with Crippen molar-refractivity contribution in [3.8, 4) is 0 Å². The van der Waals surface area contributed by atoms with E-state index < -0.39 is 0 Å². The first kappa shape index (κ1) is 6.12. The fraction of sp³-hybridized carbons (Fsp3) is 0.250. The van der Waals surface area contributed by atoms with Crippen molar-refractivity contribution in [1.82, 2.24) is 0 Å². The summed E-state index contributed by atoms with van der Waals surface area (Å²) in [7, 11) is 0. The van der Waals surface area contributed by atoms with E-state index in [1.54, 1.807) is 0 Å². The molecule has 0 heterocycles. The van der Waals surface area contributed by atoms with Gasteiger partial charge in [0.2, 0.25) is 0 Å². The smallest absolute Gasteiger partial charge is 0.00366 e. The lowest BCUT2D eigenvalue weighted by Gasteiger charge is -1.89. The Bertz CT molecular complexity index is 157. The zero-order valence-electron chi connectivity index (χ0n) is 5.22. The minimum absolute atomic E-state index is 0.689. The third-order valence-electron chi connectivity index (χ3n) is 1.12. The maximum Gasteiger partial charge on any atom is 0.00366 e. The van der Waals surface area contributed by atoms with Gasteiger partial charge in [-0.1, -0.05) is 18.2 Å². The van der Waals surface area contributed by atoms with Gasteiger partial charge < -0.3 is 5.73 Å². The Labute approximate surface area is 55.5 Å². The van der Waals surface area contributed by atoms with Crippen LogP contribution in [0.25, 0.3) is 0 Å². The van der Waals surface area contributed by atoms with Gasteiger partial charge in [0.1, 0.15) is 0 Å². The van der Waals surface area contributed by atoms with Gasteiger partial charge in [0.05, 0.1) is 0 Å². The monoisotopic (exact) mass is 119 g/mol. The SMILES string of the molecule is NCCc1c#cccc1. The summed E-state index contributed by atoms with van der Waals surface area (Å²) in [5, 5.41) is 0. The van der Waals surface area contributed by atoms with Crippen LogP contribution < -0.4 is 5.73 Å². The molecular weight excluding hydrogens is 110 g/mol. The van der Waals surface area contributed by atoms with E-state index in [0.29, 0.717) is 6.54 Å². The highest BCUT2D eigenvalue weighted by Gasteiger charge is 1.83. The molecule has 1 nitrogen and oxygen atoms in total. The fourth-order valence-electron chi connectivity index (χ4n) is 0.690. The summed E-state index contributed by atoms with van der Waals surface area (Å²) in [6.45, 7) is 0.689. The third-order valence-corrected chi connectivity index (χ3v) is 1.12. The molecule has 0 aliphatic rings. The molecule has 0 amide bonds. The molecule has 0 aromatic heterocycles. The van der Waals surface area contributed by atoms with Crippen molar-refractivity contribution in [2.45, 2.75) is 6.42 Å². The highest BCUT2D eigenvalue weighted by molar-refractivity contribution is 5.07. The summed E-state index contributed by atoms with van der Waals surface area (Å²) in [5.41, 5.74) is 6.47. The van der Waals surface area contributed by atoms with Crippen LogP contribution in [0.15, 0.2) is 18.2 Å². The molecule has 0 atom stereocenters. The average Bonchev–Trinajstić information content (AvgIpc) is 1.91. The van der Waals surface area contributed by atoms with Gasteiger partial charge >= 0.3 is 0 Å². The van der Waals surface area contributed by atoms with Gasteiger partial charge in [0, 0.05) is 5.56 Å². The molecule has 0 unspecified atom stereocenters. The zero-order valence-corrected chi connectivity index (χ0v) is 5.22. The van der Waals surface area contributed by atoms with Gasteiger partial charge in [-0.3, -0.25) is 0 Å². The standard InChI is InChI=1S/C8H9N/c9-7-6-8-4-2-1-3-5-8/h1-2,4H,6-7,9H2. The fourth-order valence-corrected chi connectivity index (χ4v) is 0.690. The molecule has 0 spiro atoms. The van der Waals surface area contributed by atoms with E-state index in [1.165, 1.54) is 0 Å². The molecule has 0 fully saturated rings. The molecule has 0 aliphatic carbocycles. The van der Waals surface area contributed by atoms with Crippen LogP contribution in [0.1, 0.15) is 5.56 Å². The molecule has 0 saturated carbocycles. The lowest BCUT2D eigenvalue weighted by Crippen LogP contribution is -2.01. The lowest BCUT2D eigenvalue weighted by atomic mass is 10.2. The van der Waals surface area contributed by atoms with Crippen molar-refractivity contribution >= 4 is 0 Å². The Morgan fingerprint density at radius 2 is 2.44 bits per heavy atom. The highest BCUT2D eigenvalue weighted by atomic mass is 14.5. The predicted molar refractivity (Wildman–Crippen MR) is 36.9 cm³/mol. The summed E-state index contributed by atoms with van der Waals surface area (Å²) in [6, 6.07) is 11.6. The van der Waals surface area contributed by atoms with Gasteiger partial charge in [-0.25, -0.2) is 0 Å². The van der Waals surface area contributed by atoms with Crippen LogP contribution in [-0.4, -0.2) is 6.54 Å². The number of rotatable bonds is 2. The van der Waals surface area contributed by atoms with E-state index in [0.717, 1.165) is 12.0 Å². The maximum atomic E-state index is 5.33. The molecule has 46 valence electrons. The van der Waals surface area contributed by atoms with E-state index >= 15 is 0 Å². The van der Waals surface area contributed by atoms with Crippen LogP contribution in [0.5, 0.6) is 0 Å². The van der Waals surface area contributed by atoms with E-state index in [-0.39, 0.29) is 0 Å². The quantitative estimate of drug-likeness (QED) is 0.612. The largest absolute Gasteiger partial charge is 0.330 e. The second-order valence-electron chi connectivity index (χ2n) is 1.86. The lowest BCUT2D eigenvalue weighted by molar-refractivity contribution is 0.970. The van der Waals surface area contributed by atoms with Crippen molar-refractivity contribution in [1.29, 1.82) is 0 Å². The summed E-state index contributed by atoms with van der Waals surface area (Å²) in [4.78, 5) is 0. The number of nitrogens with two attached hydrogens (primary N) is 1. The topological polar surface area (TPSA) is 26.0 Å². The number of hydrogen-bond acceptors (Lipinski definition) is 1. The van der Waals surface area contributed by atoms with Crippen LogP contribution in [0.3, 0.4) is 0 Å². The Balaban J connectivity index is 2.61. The molecule has 0 radical (unpaired) electrons. The van der Waals surface area contributed by atoms with Crippen LogP contribution in [-0.2, 0) is 6.42 Å². The summed E-state index contributed by atoms with van der Waals surface area (Å²) in [5.74, 6) is 0. The molecule has 0 aliphatic heterocycles. The Hall–Kier alpha value is -1.00. The Morgan fingerprint density at radius 3 is 3.00 bits per heavy atom. The minimum Gasteiger partial charge on any atom is -0.330 e. The maximum absolute atomic E-state index is 5.33. The summed E-state index contributed by atoms with van der Waals surface area (Å²) in [6.07, 6.45) is 0.900. The third kappa shape index (κ3) is 1.75. The molecule has 1 rings (SSSR count).